The summed E-state index contributed by atoms with van der Waals surface area (Å²) in [5, 5.41) is 0. The highest BCUT2D eigenvalue weighted by atomic mass is 19.3. The molecule has 2 N–H and O–H groups in total. The molecule has 0 aromatic rings. The van der Waals surface area contributed by atoms with Crippen LogP contribution in [0, 0.1) is 11.8 Å². The monoisotopic (exact) mass is 175 g/mol. The molecule has 0 spiro atoms. The van der Waals surface area contributed by atoms with Crippen molar-refractivity contribution in [2.75, 3.05) is 0 Å². The van der Waals surface area contributed by atoms with Crippen molar-refractivity contribution in [1.82, 2.24) is 0 Å². The van der Waals surface area contributed by atoms with Gasteiger partial charge in [-0.15, -0.1) is 0 Å². The Hall–Kier alpha value is -0.180. The molecular weight excluding hydrogens is 160 g/mol. The molecule has 0 amide bonds. The summed E-state index contributed by atoms with van der Waals surface area (Å²) in [6.07, 6.45) is 3.48. The van der Waals surface area contributed by atoms with Crippen LogP contribution < -0.4 is 5.73 Å². The Kier molecular flexibility index (Phi) is 1.54. The van der Waals surface area contributed by atoms with Crippen molar-refractivity contribution in [3.8, 4) is 0 Å². The minimum Gasteiger partial charge on any atom is -0.325 e. The molecule has 2 saturated carbocycles. The summed E-state index contributed by atoms with van der Waals surface area (Å²) in [7, 11) is 0. The smallest absolute Gasteiger partial charge is 0.250 e. The number of alkyl halides is 2. The summed E-state index contributed by atoms with van der Waals surface area (Å²) in [6.45, 7) is 1.02. The maximum absolute atomic E-state index is 13.1. The first kappa shape index (κ1) is 8.42. The Morgan fingerprint density at radius 3 is 2.17 bits per heavy atom. The molecule has 2 aliphatic rings. The zero-order valence-corrected chi connectivity index (χ0v) is 7.32. The van der Waals surface area contributed by atoms with Crippen molar-refractivity contribution in [3.63, 3.8) is 0 Å². The Balaban J connectivity index is 2.12. The van der Waals surface area contributed by atoms with Crippen molar-refractivity contribution in [2.24, 2.45) is 17.6 Å². The fourth-order valence-corrected chi connectivity index (χ4v) is 2.27. The van der Waals surface area contributed by atoms with Crippen LogP contribution >= 0.6 is 0 Å². The zero-order valence-electron chi connectivity index (χ0n) is 7.32. The van der Waals surface area contributed by atoms with E-state index in [1.807, 2.05) is 0 Å². The molecule has 12 heavy (non-hydrogen) atoms. The van der Waals surface area contributed by atoms with E-state index >= 15 is 0 Å². The minimum absolute atomic E-state index is 0.206. The molecule has 0 bridgehead atoms. The van der Waals surface area contributed by atoms with Crippen LogP contribution in [-0.4, -0.2) is 11.5 Å². The molecular formula is C9H15F2N. The molecule has 1 unspecified atom stereocenters. The van der Waals surface area contributed by atoms with Gasteiger partial charge in [0, 0.05) is 11.5 Å². The fourth-order valence-electron chi connectivity index (χ4n) is 2.27. The summed E-state index contributed by atoms with van der Waals surface area (Å²) < 4.78 is 26.3. The zero-order chi connectivity index (χ0) is 8.98. The standard InChI is InChI=1S/C9H15F2N/c1-8(10,11)7(6-2-3-6)9(12)4-5-9/h6-7H,2-5,12H2,1H3. The van der Waals surface area contributed by atoms with E-state index in [-0.39, 0.29) is 5.92 Å². The molecule has 0 radical (unpaired) electrons. The molecule has 1 nitrogen and oxygen atoms in total. The van der Waals surface area contributed by atoms with Gasteiger partial charge < -0.3 is 5.73 Å². The second-order valence-electron chi connectivity index (χ2n) is 4.50. The van der Waals surface area contributed by atoms with E-state index < -0.39 is 17.4 Å². The van der Waals surface area contributed by atoms with Crippen molar-refractivity contribution < 1.29 is 8.78 Å². The van der Waals surface area contributed by atoms with E-state index in [0.717, 1.165) is 32.6 Å². The summed E-state index contributed by atoms with van der Waals surface area (Å²) in [6, 6.07) is 0. The summed E-state index contributed by atoms with van der Waals surface area (Å²) in [4.78, 5) is 0. The largest absolute Gasteiger partial charge is 0.325 e. The van der Waals surface area contributed by atoms with Gasteiger partial charge >= 0.3 is 0 Å². The predicted molar refractivity (Wildman–Crippen MR) is 43.0 cm³/mol. The van der Waals surface area contributed by atoms with Crippen LogP contribution in [0.2, 0.25) is 0 Å². The van der Waals surface area contributed by atoms with Crippen LogP contribution in [0.15, 0.2) is 0 Å². The molecule has 0 heterocycles. The van der Waals surface area contributed by atoms with E-state index in [1.54, 1.807) is 0 Å². The summed E-state index contributed by atoms with van der Waals surface area (Å²) in [5.74, 6) is -2.92. The first-order valence-corrected chi connectivity index (χ1v) is 4.60. The Bertz CT molecular complexity index is 184. The highest BCUT2D eigenvalue weighted by Gasteiger charge is 2.59. The van der Waals surface area contributed by atoms with Gasteiger partial charge in [0.25, 0.3) is 0 Å². The number of hydrogen-bond acceptors (Lipinski definition) is 1. The van der Waals surface area contributed by atoms with Crippen molar-refractivity contribution >= 4 is 0 Å². The first-order chi connectivity index (χ1) is 5.43. The van der Waals surface area contributed by atoms with E-state index in [0.29, 0.717) is 0 Å². The minimum atomic E-state index is -2.58. The molecule has 2 fully saturated rings. The average molecular weight is 175 g/mol. The van der Waals surface area contributed by atoms with Gasteiger partial charge in [-0.1, -0.05) is 0 Å². The second-order valence-corrected chi connectivity index (χ2v) is 4.50. The Labute approximate surface area is 71.3 Å². The van der Waals surface area contributed by atoms with Gasteiger partial charge in [-0.3, -0.25) is 0 Å². The molecule has 3 heteroatoms. The van der Waals surface area contributed by atoms with Crippen LogP contribution in [0.25, 0.3) is 0 Å². The highest BCUT2D eigenvalue weighted by molar-refractivity contribution is 5.11. The number of rotatable bonds is 3. The molecule has 0 aliphatic heterocycles. The van der Waals surface area contributed by atoms with Gasteiger partial charge in [0.15, 0.2) is 0 Å². The molecule has 0 aromatic carbocycles. The third kappa shape index (κ3) is 1.35. The average Bonchev–Trinajstić information content (AvgIpc) is 2.68. The van der Waals surface area contributed by atoms with Gasteiger partial charge in [-0.25, -0.2) is 8.78 Å². The number of nitrogens with two attached hydrogens (primary N) is 1. The van der Waals surface area contributed by atoms with Gasteiger partial charge in [0.2, 0.25) is 5.92 Å². The third-order valence-corrected chi connectivity index (χ3v) is 3.09. The molecule has 70 valence electrons. The second kappa shape index (κ2) is 2.19. The molecule has 0 saturated heterocycles. The highest BCUT2D eigenvalue weighted by Crippen LogP contribution is 2.56. The van der Waals surface area contributed by atoms with Crippen LogP contribution in [0.1, 0.15) is 32.6 Å². The topological polar surface area (TPSA) is 26.0 Å². The normalized spacial score (nSPS) is 30.0. The first-order valence-electron chi connectivity index (χ1n) is 4.60. The lowest BCUT2D eigenvalue weighted by atomic mass is 9.87. The number of hydrogen-bond donors (Lipinski definition) is 1. The summed E-state index contributed by atoms with van der Waals surface area (Å²) in [5.41, 5.74) is 5.32. The van der Waals surface area contributed by atoms with Crippen LogP contribution in [0.5, 0.6) is 0 Å². The Morgan fingerprint density at radius 1 is 1.42 bits per heavy atom. The molecule has 2 aliphatic carbocycles. The molecule has 2 rings (SSSR count). The van der Waals surface area contributed by atoms with E-state index in [2.05, 4.69) is 0 Å². The van der Waals surface area contributed by atoms with Gasteiger partial charge in [-0.2, -0.15) is 0 Å². The third-order valence-electron chi connectivity index (χ3n) is 3.09. The number of halogens is 2. The van der Waals surface area contributed by atoms with Crippen molar-refractivity contribution in [2.45, 2.75) is 44.1 Å². The maximum atomic E-state index is 13.1. The van der Waals surface area contributed by atoms with Gasteiger partial charge in [0.05, 0.1) is 0 Å². The fraction of sp³-hybridized carbons (Fsp3) is 1.00. The van der Waals surface area contributed by atoms with Crippen molar-refractivity contribution in [1.29, 1.82) is 0 Å². The van der Waals surface area contributed by atoms with E-state index in [4.69, 9.17) is 5.73 Å². The van der Waals surface area contributed by atoms with Crippen LogP contribution in [0.3, 0.4) is 0 Å². The van der Waals surface area contributed by atoms with Gasteiger partial charge in [-0.05, 0) is 38.5 Å². The van der Waals surface area contributed by atoms with Crippen LogP contribution in [0.4, 0.5) is 8.78 Å². The Morgan fingerprint density at radius 2 is 1.92 bits per heavy atom. The predicted octanol–water partition coefficient (Wildman–Crippen LogP) is 2.16. The van der Waals surface area contributed by atoms with Crippen LogP contribution in [-0.2, 0) is 0 Å². The van der Waals surface area contributed by atoms with E-state index in [9.17, 15) is 8.78 Å². The lowest BCUT2D eigenvalue weighted by Crippen LogP contribution is -2.44. The van der Waals surface area contributed by atoms with Crippen molar-refractivity contribution in [3.05, 3.63) is 0 Å². The molecule has 1 atom stereocenters. The quantitative estimate of drug-likeness (QED) is 0.698. The molecule has 0 aromatic heterocycles. The summed E-state index contributed by atoms with van der Waals surface area (Å²) >= 11 is 0. The SMILES string of the molecule is CC(F)(F)C(C1CC1)C1(N)CC1. The maximum Gasteiger partial charge on any atom is 0.250 e. The van der Waals surface area contributed by atoms with Gasteiger partial charge in [0.1, 0.15) is 0 Å². The van der Waals surface area contributed by atoms with E-state index in [1.165, 1.54) is 0 Å². The lowest BCUT2D eigenvalue weighted by Gasteiger charge is -2.29. The lowest BCUT2D eigenvalue weighted by molar-refractivity contribution is -0.0628.